The van der Waals surface area contributed by atoms with Crippen molar-refractivity contribution in [2.75, 3.05) is 0 Å². The van der Waals surface area contributed by atoms with Gasteiger partial charge in [-0.25, -0.2) is 0 Å². The Hall–Kier alpha value is -1.36. The second kappa shape index (κ2) is 9.33. The van der Waals surface area contributed by atoms with Crippen molar-refractivity contribution >= 4 is 11.9 Å². The van der Waals surface area contributed by atoms with Gasteiger partial charge in [0.1, 0.15) is 0 Å². The van der Waals surface area contributed by atoms with Crippen molar-refractivity contribution in [3.63, 3.8) is 0 Å². The highest BCUT2D eigenvalue weighted by molar-refractivity contribution is 5.79. The van der Waals surface area contributed by atoms with Gasteiger partial charge in [0.25, 0.3) is 0 Å². The molecule has 5 heteroatoms. The molecular weight excluding hydrogens is 488 g/mol. The predicted molar refractivity (Wildman–Crippen MR) is 152 cm³/mol. The van der Waals surface area contributed by atoms with Crippen LogP contribution in [0.15, 0.2) is 11.6 Å². The first-order chi connectivity index (χ1) is 18.0. The molecule has 0 bridgehead atoms. The van der Waals surface area contributed by atoms with E-state index in [0.29, 0.717) is 23.7 Å². The summed E-state index contributed by atoms with van der Waals surface area (Å²) in [5.74, 6) is 1.59. The maximum Gasteiger partial charge on any atom is 0.315 e. The number of aliphatic hydroxyl groups excluding tert-OH is 1. The lowest BCUT2D eigenvalue weighted by Gasteiger charge is -2.71. The lowest BCUT2D eigenvalue weighted by atomic mass is 9.33. The quantitative estimate of drug-likeness (QED) is 0.228. The van der Waals surface area contributed by atoms with E-state index >= 15 is 0 Å². The van der Waals surface area contributed by atoms with Crippen LogP contribution >= 0.6 is 0 Å². The van der Waals surface area contributed by atoms with E-state index in [1.165, 1.54) is 25.3 Å². The molecule has 5 aliphatic rings. The highest BCUT2D eigenvalue weighted by atomic mass is 16.7. The van der Waals surface area contributed by atoms with Crippen molar-refractivity contribution in [2.24, 2.45) is 56.7 Å². The van der Waals surface area contributed by atoms with E-state index in [9.17, 15) is 14.7 Å². The van der Waals surface area contributed by atoms with Crippen LogP contribution in [-0.4, -0.2) is 29.4 Å². The fourth-order valence-electron chi connectivity index (χ4n) is 11.4. The van der Waals surface area contributed by atoms with Gasteiger partial charge in [0.15, 0.2) is 0 Å². The van der Waals surface area contributed by atoms with Gasteiger partial charge in [-0.1, -0.05) is 60.1 Å². The van der Waals surface area contributed by atoms with Crippen molar-refractivity contribution in [2.45, 2.75) is 132 Å². The molecule has 0 aliphatic heterocycles. The average Bonchev–Trinajstić information content (AvgIpc) is 2.84. The van der Waals surface area contributed by atoms with Crippen LogP contribution in [0.2, 0.25) is 0 Å². The van der Waals surface area contributed by atoms with Crippen LogP contribution in [0.3, 0.4) is 0 Å². The molecule has 0 heterocycles. The molecule has 5 aliphatic carbocycles. The number of fused-ring (bicyclic) bond motifs is 7. The van der Waals surface area contributed by atoms with E-state index in [0.717, 1.165) is 44.9 Å². The molecule has 5 rings (SSSR count). The smallest absolute Gasteiger partial charge is 0.315 e. The second-order valence-corrected chi connectivity index (χ2v) is 15.8. The molecule has 4 fully saturated rings. The molecule has 11 atom stereocenters. The summed E-state index contributed by atoms with van der Waals surface area (Å²) >= 11 is 0. The maximum absolute atomic E-state index is 14.0. The molecule has 5 nitrogen and oxygen atoms in total. The molecule has 1 N–H and O–H groups in total. The van der Waals surface area contributed by atoms with Crippen molar-refractivity contribution in [3.8, 4) is 0 Å². The summed E-state index contributed by atoms with van der Waals surface area (Å²) in [5.41, 5.74) is 1.30. The van der Waals surface area contributed by atoms with E-state index < -0.39 is 17.7 Å². The first-order valence-corrected chi connectivity index (χ1v) is 15.8. The van der Waals surface area contributed by atoms with Crippen LogP contribution in [0, 0.1) is 56.7 Å². The summed E-state index contributed by atoms with van der Waals surface area (Å²) in [6.45, 7) is 20.0. The zero-order valence-electron chi connectivity index (χ0n) is 26.1. The highest BCUT2D eigenvalue weighted by Gasteiger charge is 2.69. The van der Waals surface area contributed by atoms with E-state index in [-0.39, 0.29) is 39.7 Å². The third-order valence-corrected chi connectivity index (χ3v) is 14.0. The highest BCUT2D eigenvalue weighted by Crippen LogP contribution is 2.75. The molecule has 39 heavy (non-hydrogen) atoms. The van der Waals surface area contributed by atoms with Crippen molar-refractivity contribution in [3.05, 3.63) is 11.6 Å². The molecule has 0 saturated heterocycles. The zero-order chi connectivity index (χ0) is 28.8. The number of allylic oxidation sites excluding steroid dienone is 2. The summed E-state index contributed by atoms with van der Waals surface area (Å²) in [6.07, 6.45) is 10.6. The minimum Gasteiger partial charge on any atom is -0.426 e. The van der Waals surface area contributed by atoms with Crippen LogP contribution in [0.4, 0.5) is 0 Å². The average molecular weight is 543 g/mol. The lowest BCUT2D eigenvalue weighted by molar-refractivity contribution is -0.214. The topological polar surface area (TPSA) is 72.8 Å². The SMILES string of the molecule is CC(=O)OC(C)OC(=O)[C@]12CC[C@@H](C)[C@H](C)[C@H]1C1=CC[C@@H]3[C@@]4(C)CC[C@H](O)C(C)(C)C4CC[C@@]3(C)[C@]1(C)CC2. The first kappa shape index (κ1) is 29.1. The lowest BCUT2D eigenvalue weighted by Crippen LogP contribution is -2.65. The standard InChI is InChI=1S/C34H54O5/c1-20-12-17-34(29(37)39-23(4)38-22(3)35)19-18-32(8)24(28(34)21(20)2)10-11-26-31(7)15-14-27(36)30(5,6)25(31)13-16-33(26,32)9/h10,20-21,23,25-28,36H,11-19H2,1-9H3/t20-,21+,23?,25?,26-,27+,28+,31+,32-,33-,34+/m1/s1. The Morgan fingerprint density at radius 3 is 2.28 bits per heavy atom. The van der Waals surface area contributed by atoms with E-state index in [4.69, 9.17) is 9.47 Å². The van der Waals surface area contributed by atoms with Gasteiger partial charge in [-0.3, -0.25) is 9.59 Å². The molecule has 0 aromatic rings. The molecule has 220 valence electrons. The number of carbonyl (C=O) groups excluding carboxylic acids is 2. The Morgan fingerprint density at radius 1 is 0.923 bits per heavy atom. The summed E-state index contributed by atoms with van der Waals surface area (Å²) < 4.78 is 11.1. The molecule has 0 radical (unpaired) electrons. The number of hydrogen-bond donors (Lipinski definition) is 1. The van der Waals surface area contributed by atoms with Crippen molar-refractivity contribution < 1.29 is 24.2 Å². The van der Waals surface area contributed by atoms with E-state index in [2.05, 4.69) is 54.5 Å². The number of ether oxygens (including phenoxy) is 2. The summed E-state index contributed by atoms with van der Waals surface area (Å²) in [6, 6.07) is 0. The van der Waals surface area contributed by atoms with Crippen LogP contribution in [0.1, 0.15) is 120 Å². The van der Waals surface area contributed by atoms with Gasteiger partial charge < -0.3 is 14.6 Å². The third-order valence-electron chi connectivity index (χ3n) is 14.0. The Kier molecular flexibility index (Phi) is 6.97. The predicted octanol–water partition coefficient (Wildman–Crippen LogP) is 7.46. The Balaban J connectivity index is 1.55. The second-order valence-electron chi connectivity index (χ2n) is 15.8. The Labute approximate surface area is 236 Å². The van der Waals surface area contributed by atoms with Crippen molar-refractivity contribution in [1.82, 2.24) is 0 Å². The van der Waals surface area contributed by atoms with Crippen LogP contribution in [0.5, 0.6) is 0 Å². The number of aliphatic hydroxyl groups is 1. The van der Waals surface area contributed by atoms with Gasteiger partial charge in [0, 0.05) is 13.8 Å². The number of esters is 2. The molecule has 4 saturated carbocycles. The third kappa shape index (κ3) is 3.94. The molecule has 0 amide bonds. The summed E-state index contributed by atoms with van der Waals surface area (Å²) in [4.78, 5) is 25.6. The van der Waals surface area contributed by atoms with Crippen LogP contribution in [-0.2, 0) is 19.1 Å². The Bertz CT molecular complexity index is 1050. The van der Waals surface area contributed by atoms with Gasteiger partial charge in [-0.2, -0.15) is 0 Å². The maximum atomic E-state index is 14.0. The van der Waals surface area contributed by atoms with Gasteiger partial charge in [-0.15, -0.1) is 0 Å². The van der Waals surface area contributed by atoms with Gasteiger partial charge in [-0.05, 0) is 109 Å². The fourth-order valence-corrected chi connectivity index (χ4v) is 11.4. The summed E-state index contributed by atoms with van der Waals surface area (Å²) in [5, 5.41) is 11.0. The number of carbonyl (C=O) groups is 2. The number of hydrogen-bond acceptors (Lipinski definition) is 5. The number of rotatable bonds is 3. The molecule has 2 unspecified atom stereocenters. The molecule has 0 spiro atoms. The normalized spacial score (nSPS) is 49.2. The largest absolute Gasteiger partial charge is 0.426 e. The van der Waals surface area contributed by atoms with E-state index in [1.807, 2.05) is 0 Å². The van der Waals surface area contributed by atoms with Gasteiger partial charge >= 0.3 is 11.9 Å². The van der Waals surface area contributed by atoms with E-state index in [1.54, 1.807) is 6.92 Å². The molecule has 0 aromatic carbocycles. The van der Waals surface area contributed by atoms with Crippen molar-refractivity contribution in [1.29, 1.82) is 0 Å². The fraction of sp³-hybridized carbons (Fsp3) is 0.882. The van der Waals surface area contributed by atoms with Crippen LogP contribution in [0.25, 0.3) is 0 Å². The Morgan fingerprint density at radius 2 is 1.62 bits per heavy atom. The zero-order valence-corrected chi connectivity index (χ0v) is 26.1. The molecule has 0 aromatic heterocycles. The van der Waals surface area contributed by atoms with Crippen LogP contribution < -0.4 is 0 Å². The monoisotopic (exact) mass is 542 g/mol. The minimum atomic E-state index is -0.865. The minimum absolute atomic E-state index is 0.0331. The molecular formula is C34H54O5. The van der Waals surface area contributed by atoms with Gasteiger partial charge in [0.05, 0.1) is 11.5 Å². The van der Waals surface area contributed by atoms with Gasteiger partial charge in [0.2, 0.25) is 6.29 Å². The summed E-state index contributed by atoms with van der Waals surface area (Å²) in [7, 11) is 0. The first-order valence-electron chi connectivity index (χ1n) is 15.8.